The molecule has 0 amide bonds. The largest absolute Gasteiger partial charge is 0.385 e. The zero-order chi connectivity index (χ0) is 11.7. The van der Waals surface area contributed by atoms with Crippen molar-refractivity contribution in [3.8, 4) is 0 Å². The van der Waals surface area contributed by atoms with E-state index in [1.807, 2.05) is 30.3 Å². The fraction of sp³-hybridized carbons (Fsp3) is 0.600. The molecule has 2 heteroatoms. The van der Waals surface area contributed by atoms with Crippen molar-refractivity contribution >= 4 is 0 Å². The van der Waals surface area contributed by atoms with E-state index in [9.17, 15) is 5.11 Å². The van der Waals surface area contributed by atoms with Gasteiger partial charge in [0.15, 0.2) is 0 Å². The molecule has 2 nitrogen and oxygen atoms in total. The summed E-state index contributed by atoms with van der Waals surface area (Å²) in [6, 6.07) is 9.94. The van der Waals surface area contributed by atoms with Crippen LogP contribution in [-0.2, 0) is 4.74 Å². The smallest absolute Gasteiger partial charge is 0.125 e. The second kappa shape index (κ2) is 4.43. The second-order valence-corrected chi connectivity index (χ2v) is 5.33. The Morgan fingerprint density at radius 1 is 1.12 bits per heavy atom. The first-order valence-corrected chi connectivity index (χ1v) is 6.74. The Balaban J connectivity index is 1.79. The molecule has 0 spiro atoms. The molecule has 3 atom stereocenters. The molecule has 1 aliphatic carbocycles. The molecule has 1 saturated carbocycles. The van der Waals surface area contributed by atoms with Crippen LogP contribution in [0.4, 0.5) is 0 Å². The van der Waals surface area contributed by atoms with Crippen LogP contribution in [-0.4, -0.2) is 16.8 Å². The number of aliphatic hydroxyl groups is 1. The van der Waals surface area contributed by atoms with Crippen LogP contribution in [0.1, 0.15) is 50.2 Å². The van der Waals surface area contributed by atoms with Crippen molar-refractivity contribution in [2.24, 2.45) is 0 Å². The van der Waals surface area contributed by atoms with Gasteiger partial charge in [-0.1, -0.05) is 56.0 Å². The summed E-state index contributed by atoms with van der Waals surface area (Å²) >= 11 is 0. The van der Waals surface area contributed by atoms with Crippen LogP contribution in [0.25, 0.3) is 0 Å². The molecule has 0 aromatic heterocycles. The van der Waals surface area contributed by atoms with Crippen molar-refractivity contribution < 1.29 is 9.84 Å². The van der Waals surface area contributed by atoms with Gasteiger partial charge in [-0.2, -0.15) is 0 Å². The van der Waals surface area contributed by atoms with Gasteiger partial charge < -0.3 is 9.84 Å². The summed E-state index contributed by atoms with van der Waals surface area (Å²) in [4.78, 5) is 0. The Kier molecular flexibility index (Phi) is 2.93. The van der Waals surface area contributed by atoms with Crippen molar-refractivity contribution in [3.05, 3.63) is 35.9 Å². The van der Waals surface area contributed by atoms with Gasteiger partial charge in [-0.05, 0) is 18.4 Å². The topological polar surface area (TPSA) is 32.8 Å². The maximum atomic E-state index is 10.5. The van der Waals surface area contributed by atoms with Crippen molar-refractivity contribution in [2.45, 2.75) is 56.3 Å². The van der Waals surface area contributed by atoms with Crippen LogP contribution in [0.2, 0.25) is 0 Å². The summed E-state index contributed by atoms with van der Waals surface area (Å²) in [6.45, 7) is 0. The molecule has 92 valence electrons. The van der Waals surface area contributed by atoms with Gasteiger partial charge in [0, 0.05) is 0 Å². The molecular formula is C15H20O2. The van der Waals surface area contributed by atoms with E-state index in [-0.39, 0.29) is 11.7 Å². The van der Waals surface area contributed by atoms with E-state index in [0.29, 0.717) is 0 Å². The highest BCUT2D eigenvalue weighted by molar-refractivity contribution is 5.24. The van der Waals surface area contributed by atoms with Gasteiger partial charge in [0.05, 0.1) is 6.10 Å². The Labute approximate surface area is 103 Å². The van der Waals surface area contributed by atoms with Crippen molar-refractivity contribution in [1.29, 1.82) is 0 Å². The Morgan fingerprint density at radius 3 is 2.71 bits per heavy atom. The lowest BCUT2D eigenvalue weighted by atomic mass is 9.84. The minimum absolute atomic E-state index is 0.262. The van der Waals surface area contributed by atoms with Crippen LogP contribution < -0.4 is 0 Å². The number of hydrogen-bond donors (Lipinski definition) is 1. The fourth-order valence-electron chi connectivity index (χ4n) is 3.13. The fourth-order valence-corrected chi connectivity index (χ4v) is 3.13. The molecule has 3 rings (SSSR count). The first-order valence-electron chi connectivity index (χ1n) is 6.74. The molecule has 1 aliphatic heterocycles. The number of hydrogen-bond acceptors (Lipinski definition) is 2. The van der Waals surface area contributed by atoms with E-state index in [2.05, 4.69) is 0 Å². The summed E-state index contributed by atoms with van der Waals surface area (Å²) in [5.41, 5.74) is 0.734. The summed E-state index contributed by atoms with van der Waals surface area (Å²) in [5.74, 6) is 0. The summed E-state index contributed by atoms with van der Waals surface area (Å²) in [7, 11) is 0. The minimum atomic E-state index is -0.452. The van der Waals surface area contributed by atoms with Crippen LogP contribution >= 0.6 is 0 Å². The van der Waals surface area contributed by atoms with Crippen LogP contribution in [0.5, 0.6) is 0 Å². The molecule has 1 aromatic carbocycles. The normalized spacial score (nSPS) is 34.3. The van der Waals surface area contributed by atoms with Gasteiger partial charge in [-0.25, -0.2) is 0 Å². The van der Waals surface area contributed by atoms with Gasteiger partial charge in [-0.15, -0.1) is 0 Å². The Morgan fingerprint density at radius 2 is 1.88 bits per heavy atom. The summed E-state index contributed by atoms with van der Waals surface area (Å²) in [6.07, 6.45) is 6.98. The quantitative estimate of drug-likeness (QED) is 0.794. The van der Waals surface area contributed by atoms with E-state index in [4.69, 9.17) is 4.74 Å². The lowest BCUT2D eigenvalue weighted by Crippen LogP contribution is -2.26. The first kappa shape index (κ1) is 11.2. The predicted molar refractivity (Wildman–Crippen MR) is 66.7 cm³/mol. The molecule has 17 heavy (non-hydrogen) atoms. The molecule has 0 bridgehead atoms. The minimum Gasteiger partial charge on any atom is -0.385 e. The average Bonchev–Trinajstić information content (AvgIpc) is 3.03. The maximum absolute atomic E-state index is 10.5. The number of epoxide rings is 1. The van der Waals surface area contributed by atoms with Crippen LogP contribution in [0.3, 0.4) is 0 Å². The summed E-state index contributed by atoms with van der Waals surface area (Å²) < 4.78 is 5.89. The zero-order valence-electron chi connectivity index (χ0n) is 10.1. The highest BCUT2D eigenvalue weighted by atomic mass is 16.6. The van der Waals surface area contributed by atoms with Gasteiger partial charge in [0.2, 0.25) is 0 Å². The SMILES string of the molecule is OC(c1ccccc1)[C@]12CCCCCC[C@@H]1O2. The predicted octanol–water partition coefficient (Wildman–Crippen LogP) is 3.21. The summed E-state index contributed by atoms with van der Waals surface area (Å²) in [5, 5.41) is 10.5. The van der Waals surface area contributed by atoms with Crippen molar-refractivity contribution in [3.63, 3.8) is 0 Å². The van der Waals surface area contributed by atoms with E-state index in [1.165, 1.54) is 25.7 Å². The molecule has 2 aliphatic rings. The molecule has 2 fully saturated rings. The van der Waals surface area contributed by atoms with Gasteiger partial charge >= 0.3 is 0 Å². The number of ether oxygens (including phenoxy) is 1. The molecule has 0 radical (unpaired) electrons. The lowest BCUT2D eigenvalue weighted by Gasteiger charge is -2.22. The molecule has 1 heterocycles. The lowest BCUT2D eigenvalue weighted by molar-refractivity contribution is 0.0671. The Bertz CT molecular complexity index is 376. The van der Waals surface area contributed by atoms with Crippen LogP contribution in [0.15, 0.2) is 30.3 Å². The number of aliphatic hydroxyl groups excluding tert-OH is 1. The number of rotatable bonds is 2. The van der Waals surface area contributed by atoms with Gasteiger partial charge in [0.25, 0.3) is 0 Å². The van der Waals surface area contributed by atoms with Gasteiger partial charge in [-0.3, -0.25) is 0 Å². The first-order chi connectivity index (χ1) is 8.33. The van der Waals surface area contributed by atoms with Crippen molar-refractivity contribution in [1.82, 2.24) is 0 Å². The Hall–Kier alpha value is -0.860. The third kappa shape index (κ3) is 2.00. The molecule has 1 unspecified atom stereocenters. The third-order valence-electron chi connectivity index (χ3n) is 4.21. The average molecular weight is 232 g/mol. The van der Waals surface area contributed by atoms with E-state index in [1.54, 1.807) is 0 Å². The van der Waals surface area contributed by atoms with Crippen molar-refractivity contribution in [2.75, 3.05) is 0 Å². The third-order valence-corrected chi connectivity index (χ3v) is 4.21. The molecule has 1 N–H and O–H groups in total. The number of fused-ring (bicyclic) bond motifs is 1. The molecular weight excluding hydrogens is 212 g/mol. The molecule has 1 aromatic rings. The van der Waals surface area contributed by atoms with E-state index < -0.39 is 6.10 Å². The number of benzene rings is 1. The monoisotopic (exact) mass is 232 g/mol. The van der Waals surface area contributed by atoms with Crippen LogP contribution in [0, 0.1) is 0 Å². The second-order valence-electron chi connectivity index (χ2n) is 5.33. The highest BCUT2D eigenvalue weighted by Gasteiger charge is 2.60. The maximum Gasteiger partial charge on any atom is 0.125 e. The van der Waals surface area contributed by atoms with E-state index >= 15 is 0 Å². The van der Waals surface area contributed by atoms with E-state index in [0.717, 1.165) is 18.4 Å². The highest BCUT2D eigenvalue weighted by Crippen LogP contribution is 2.53. The van der Waals surface area contributed by atoms with Gasteiger partial charge in [0.1, 0.15) is 11.7 Å². The zero-order valence-corrected chi connectivity index (χ0v) is 10.1. The molecule has 1 saturated heterocycles. The standard InChI is InChI=1S/C15H20O2/c16-14(12-8-4-3-5-9-12)15-11-7-2-1-6-10-13(15)17-15/h3-5,8-9,13-14,16H,1-2,6-7,10-11H2/t13-,14?,15-/m0/s1.